The third-order valence-electron chi connectivity index (χ3n) is 5.67. The van der Waals surface area contributed by atoms with Crippen molar-refractivity contribution in [3.63, 3.8) is 0 Å². The molecule has 2 N–H and O–H groups in total. The summed E-state index contributed by atoms with van der Waals surface area (Å²) in [6.45, 7) is 3.91. The molecule has 10 heteroatoms. The molecule has 0 spiro atoms. The van der Waals surface area contributed by atoms with Gasteiger partial charge in [0.2, 0.25) is 21.8 Å². The Morgan fingerprint density at radius 2 is 1.90 bits per heavy atom. The fourth-order valence-electron chi connectivity index (χ4n) is 4.03. The van der Waals surface area contributed by atoms with Gasteiger partial charge in [0, 0.05) is 32.1 Å². The number of carbonyl (C=O) groups excluding carboxylic acids is 2. The lowest BCUT2D eigenvalue weighted by molar-refractivity contribution is -0.136. The number of nitrogens with one attached hydrogen (secondary N) is 1. The molecule has 31 heavy (non-hydrogen) atoms. The average Bonchev–Trinajstić information content (AvgIpc) is 3.09. The van der Waals surface area contributed by atoms with Crippen molar-refractivity contribution in [1.82, 2.24) is 14.5 Å². The van der Waals surface area contributed by atoms with Crippen LogP contribution in [-0.4, -0.2) is 86.2 Å². The SMILES string of the molecule is C[C@@H]1C[C@H](O)CN1C(=O)C(CCC(=O)N1CCOCC1)NS(=O)(=O)Cc1ccccc1. The van der Waals surface area contributed by atoms with Crippen molar-refractivity contribution in [3.8, 4) is 0 Å². The van der Waals surface area contributed by atoms with Gasteiger partial charge in [-0.15, -0.1) is 0 Å². The van der Waals surface area contributed by atoms with Gasteiger partial charge in [-0.25, -0.2) is 13.1 Å². The molecule has 2 heterocycles. The van der Waals surface area contributed by atoms with Gasteiger partial charge in [-0.1, -0.05) is 30.3 Å². The Labute approximate surface area is 183 Å². The minimum Gasteiger partial charge on any atom is -0.391 e. The summed E-state index contributed by atoms with van der Waals surface area (Å²) in [7, 11) is -3.82. The second-order valence-corrected chi connectivity index (χ2v) is 9.93. The van der Waals surface area contributed by atoms with Crippen molar-refractivity contribution < 1.29 is 27.9 Å². The van der Waals surface area contributed by atoms with Gasteiger partial charge in [0.05, 0.1) is 25.1 Å². The van der Waals surface area contributed by atoms with Crippen LogP contribution in [0.25, 0.3) is 0 Å². The second-order valence-electron chi connectivity index (χ2n) is 8.18. The van der Waals surface area contributed by atoms with Gasteiger partial charge >= 0.3 is 0 Å². The topological polar surface area (TPSA) is 116 Å². The van der Waals surface area contributed by atoms with E-state index in [1.807, 2.05) is 6.92 Å². The van der Waals surface area contributed by atoms with Gasteiger partial charge in [-0.2, -0.15) is 0 Å². The van der Waals surface area contributed by atoms with Crippen LogP contribution in [0.5, 0.6) is 0 Å². The summed E-state index contributed by atoms with van der Waals surface area (Å²) in [5, 5.41) is 9.91. The number of morpholine rings is 1. The maximum absolute atomic E-state index is 13.2. The Morgan fingerprint density at radius 3 is 2.52 bits per heavy atom. The molecule has 0 bridgehead atoms. The zero-order chi connectivity index (χ0) is 22.4. The molecular weight excluding hydrogens is 422 g/mol. The van der Waals surface area contributed by atoms with Crippen LogP contribution in [0.2, 0.25) is 0 Å². The van der Waals surface area contributed by atoms with Gasteiger partial charge in [0.15, 0.2) is 0 Å². The van der Waals surface area contributed by atoms with Crippen LogP contribution in [0.3, 0.4) is 0 Å². The molecule has 1 aromatic rings. The van der Waals surface area contributed by atoms with Crippen molar-refractivity contribution in [1.29, 1.82) is 0 Å². The molecule has 1 aromatic carbocycles. The van der Waals surface area contributed by atoms with Crippen LogP contribution in [0.1, 0.15) is 31.7 Å². The fourth-order valence-corrected chi connectivity index (χ4v) is 5.40. The monoisotopic (exact) mass is 453 g/mol. The van der Waals surface area contributed by atoms with Crippen molar-refractivity contribution in [3.05, 3.63) is 35.9 Å². The molecule has 3 rings (SSSR count). The molecule has 2 aliphatic rings. The van der Waals surface area contributed by atoms with Gasteiger partial charge < -0.3 is 19.6 Å². The minimum atomic E-state index is -3.82. The predicted octanol–water partition coefficient (Wildman–Crippen LogP) is 0.0953. The molecule has 3 atom stereocenters. The van der Waals surface area contributed by atoms with E-state index in [0.717, 1.165) is 0 Å². The maximum atomic E-state index is 13.2. The number of hydrogen-bond acceptors (Lipinski definition) is 6. The largest absolute Gasteiger partial charge is 0.391 e. The van der Waals surface area contributed by atoms with E-state index in [1.165, 1.54) is 4.90 Å². The van der Waals surface area contributed by atoms with Gasteiger partial charge in [-0.05, 0) is 25.3 Å². The summed E-state index contributed by atoms with van der Waals surface area (Å²) >= 11 is 0. The number of nitrogens with zero attached hydrogens (tertiary/aromatic N) is 2. The van der Waals surface area contributed by atoms with Crippen LogP contribution in [0, 0.1) is 0 Å². The lowest BCUT2D eigenvalue weighted by Crippen LogP contribution is -2.50. The molecule has 172 valence electrons. The molecule has 0 aromatic heterocycles. The summed E-state index contributed by atoms with van der Waals surface area (Å²) in [5.41, 5.74) is 0.607. The van der Waals surface area contributed by atoms with Crippen LogP contribution in [0.15, 0.2) is 30.3 Å². The molecule has 2 fully saturated rings. The maximum Gasteiger partial charge on any atom is 0.241 e. The highest BCUT2D eigenvalue weighted by Gasteiger charge is 2.36. The molecule has 1 unspecified atom stereocenters. The van der Waals surface area contributed by atoms with Gasteiger partial charge in [0.25, 0.3) is 0 Å². The summed E-state index contributed by atoms with van der Waals surface area (Å²) in [6.07, 6.45) is -0.0743. The molecular formula is C21H31N3O6S. The summed E-state index contributed by atoms with van der Waals surface area (Å²) in [4.78, 5) is 28.9. The molecule has 0 radical (unpaired) electrons. The lowest BCUT2D eigenvalue weighted by Gasteiger charge is -2.29. The van der Waals surface area contributed by atoms with Gasteiger partial charge in [-0.3, -0.25) is 9.59 Å². The second kappa shape index (κ2) is 10.5. The number of rotatable bonds is 8. The number of aliphatic hydroxyl groups is 1. The summed E-state index contributed by atoms with van der Waals surface area (Å²) in [6, 6.07) is 7.45. The van der Waals surface area contributed by atoms with E-state index in [1.54, 1.807) is 35.2 Å². The summed E-state index contributed by atoms with van der Waals surface area (Å²) in [5.74, 6) is -0.791. The smallest absolute Gasteiger partial charge is 0.241 e. The lowest BCUT2D eigenvalue weighted by atomic mass is 10.1. The van der Waals surface area contributed by atoms with Crippen molar-refractivity contribution in [2.75, 3.05) is 32.8 Å². The predicted molar refractivity (Wildman–Crippen MR) is 114 cm³/mol. The Balaban J connectivity index is 1.70. The zero-order valence-electron chi connectivity index (χ0n) is 17.8. The van der Waals surface area contributed by atoms with E-state index in [9.17, 15) is 23.1 Å². The molecule has 0 aliphatic carbocycles. The number of benzene rings is 1. The van der Waals surface area contributed by atoms with Crippen LogP contribution in [-0.2, 0) is 30.1 Å². The van der Waals surface area contributed by atoms with E-state index in [0.29, 0.717) is 38.3 Å². The third kappa shape index (κ3) is 6.73. The number of β-amino-alcohol motifs (C(OH)–C–C–N with tert-alkyl or cyclic N) is 1. The highest BCUT2D eigenvalue weighted by Crippen LogP contribution is 2.20. The van der Waals surface area contributed by atoms with Crippen LogP contribution in [0.4, 0.5) is 0 Å². The number of ether oxygens (including phenoxy) is 1. The third-order valence-corrected chi connectivity index (χ3v) is 7.02. The van der Waals surface area contributed by atoms with Crippen molar-refractivity contribution in [2.24, 2.45) is 0 Å². The molecule has 0 saturated carbocycles. The van der Waals surface area contributed by atoms with Crippen LogP contribution >= 0.6 is 0 Å². The van der Waals surface area contributed by atoms with E-state index in [4.69, 9.17) is 4.74 Å². The number of likely N-dealkylation sites (tertiary alicyclic amines) is 1. The summed E-state index contributed by atoms with van der Waals surface area (Å²) < 4.78 is 33.3. The number of hydrogen-bond donors (Lipinski definition) is 2. The first-order valence-electron chi connectivity index (χ1n) is 10.6. The molecule has 2 aliphatic heterocycles. The van der Waals surface area contributed by atoms with E-state index < -0.39 is 28.1 Å². The average molecular weight is 454 g/mol. The minimum absolute atomic E-state index is 0.0506. The normalized spacial score (nSPS) is 23.0. The quantitative estimate of drug-likeness (QED) is 0.577. The highest BCUT2D eigenvalue weighted by molar-refractivity contribution is 7.88. The fraction of sp³-hybridized carbons (Fsp3) is 0.619. The standard InChI is InChI=1S/C21H31N3O6S/c1-16-13-18(25)14-24(16)21(27)19(7-8-20(26)23-9-11-30-12-10-23)22-31(28,29)15-17-5-3-2-4-6-17/h2-6,16,18-19,22,25H,7-15H2,1H3/t16-,18+,19?/m1/s1. The Morgan fingerprint density at radius 1 is 1.23 bits per heavy atom. The van der Waals surface area contributed by atoms with E-state index in [-0.39, 0.29) is 37.1 Å². The Kier molecular flexibility index (Phi) is 8.04. The number of carbonyl (C=O) groups is 2. The Hall–Kier alpha value is -2.01. The molecule has 2 amide bonds. The first kappa shape index (κ1) is 23.6. The first-order valence-corrected chi connectivity index (χ1v) is 12.3. The Bertz CT molecular complexity index is 857. The van der Waals surface area contributed by atoms with Gasteiger partial charge in [0.1, 0.15) is 6.04 Å². The highest BCUT2D eigenvalue weighted by atomic mass is 32.2. The van der Waals surface area contributed by atoms with E-state index in [2.05, 4.69) is 4.72 Å². The zero-order valence-corrected chi connectivity index (χ0v) is 18.6. The molecule has 2 saturated heterocycles. The van der Waals surface area contributed by atoms with Crippen molar-refractivity contribution >= 4 is 21.8 Å². The van der Waals surface area contributed by atoms with Crippen LogP contribution < -0.4 is 4.72 Å². The molecule has 9 nitrogen and oxygen atoms in total. The van der Waals surface area contributed by atoms with Crippen molar-refractivity contribution in [2.45, 2.75) is 50.1 Å². The number of aliphatic hydroxyl groups excluding tert-OH is 1. The number of amides is 2. The first-order chi connectivity index (χ1) is 14.7. The van der Waals surface area contributed by atoms with E-state index >= 15 is 0 Å². The number of sulfonamides is 1.